The van der Waals surface area contributed by atoms with E-state index in [4.69, 9.17) is 10.5 Å². The van der Waals surface area contributed by atoms with Crippen LogP contribution in [0.1, 0.15) is 5.56 Å². The number of nitrogen functional groups attached to an aromatic ring is 1. The van der Waals surface area contributed by atoms with Crippen LogP contribution in [0.2, 0.25) is 0 Å². The lowest BCUT2D eigenvalue weighted by atomic mass is 10.2. The van der Waals surface area contributed by atoms with Gasteiger partial charge in [0.15, 0.2) is 0 Å². The Morgan fingerprint density at radius 3 is 2.56 bits per heavy atom. The van der Waals surface area contributed by atoms with Gasteiger partial charge in [0.05, 0.1) is 18.5 Å². The van der Waals surface area contributed by atoms with E-state index in [1.165, 1.54) is 6.07 Å². The number of nitrogens with two attached hydrogens (primary N) is 1. The molecule has 2 aromatic carbocycles. The zero-order valence-corrected chi connectivity index (χ0v) is 10.1. The normalized spacial score (nSPS) is 10.1. The fourth-order valence-corrected chi connectivity index (χ4v) is 1.63. The Kier molecular flexibility index (Phi) is 3.67. The molecule has 0 aliphatic rings. The first kappa shape index (κ1) is 12.2. The van der Waals surface area contributed by atoms with E-state index in [0.717, 1.165) is 11.3 Å². The van der Waals surface area contributed by atoms with Gasteiger partial charge in [-0.15, -0.1) is 0 Å². The highest BCUT2D eigenvalue weighted by atomic mass is 19.1. The van der Waals surface area contributed by atoms with Crippen LogP contribution in [-0.2, 0) is 6.54 Å². The highest BCUT2D eigenvalue weighted by Gasteiger charge is 2.03. The zero-order valence-electron chi connectivity index (χ0n) is 10.1. The Balaban J connectivity index is 2.04. The summed E-state index contributed by atoms with van der Waals surface area (Å²) in [6, 6.07) is 12.4. The van der Waals surface area contributed by atoms with E-state index in [0.29, 0.717) is 12.2 Å². The lowest BCUT2D eigenvalue weighted by Crippen LogP contribution is -2.03. The van der Waals surface area contributed by atoms with Gasteiger partial charge in [0.1, 0.15) is 11.6 Å². The average molecular weight is 246 g/mol. The molecular weight excluding hydrogens is 231 g/mol. The van der Waals surface area contributed by atoms with Crippen molar-refractivity contribution >= 4 is 11.4 Å². The topological polar surface area (TPSA) is 47.3 Å². The summed E-state index contributed by atoms with van der Waals surface area (Å²) in [6.45, 7) is 0.581. The van der Waals surface area contributed by atoms with Crippen LogP contribution in [0.3, 0.4) is 0 Å². The number of methoxy groups -OCH3 is 1. The lowest BCUT2D eigenvalue weighted by Gasteiger charge is -2.10. The number of hydrogen-bond donors (Lipinski definition) is 2. The average Bonchev–Trinajstić information content (AvgIpc) is 2.41. The minimum atomic E-state index is -0.408. The smallest absolute Gasteiger partial charge is 0.148 e. The van der Waals surface area contributed by atoms with Gasteiger partial charge in [0.2, 0.25) is 0 Å². The molecule has 2 rings (SSSR count). The summed E-state index contributed by atoms with van der Waals surface area (Å²) < 4.78 is 18.3. The van der Waals surface area contributed by atoms with E-state index in [2.05, 4.69) is 5.32 Å². The summed E-state index contributed by atoms with van der Waals surface area (Å²) in [5.74, 6) is 0.402. The molecule has 0 heterocycles. The van der Waals surface area contributed by atoms with E-state index in [-0.39, 0.29) is 5.69 Å². The minimum Gasteiger partial charge on any atom is -0.497 e. The van der Waals surface area contributed by atoms with Crippen molar-refractivity contribution in [2.75, 3.05) is 18.2 Å². The van der Waals surface area contributed by atoms with Gasteiger partial charge < -0.3 is 15.8 Å². The largest absolute Gasteiger partial charge is 0.497 e. The summed E-state index contributed by atoms with van der Waals surface area (Å²) in [5, 5.41) is 3.10. The van der Waals surface area contributed by atoms with Gasteiger partial charge in [-0.3, -0.25) is 0 Å². The van der Waals surface area contributed by atoms with Crippen molar-refractivity contribution in [1.29, 1.82) is 0 Å². The van der Waals surface area contributed by atoms with Crippen LogP contribution >= 0.6 is 0 Å². The van der Waals surface area contributed by atoms with Gasteiger partial charge in [-0.25, -0.2) is 4.39 Å². The number of halogens is 1. The molecule has 0 unspecified atom stereocenters. The molecule has 0 fully saturated rings. The first-order chi connectivity index (χ1) is 8.70. The lowest BCUT2D eigenvalue weighted by molar-refractivity contribution is 0.414. The maximum absolute atomic E-state index is 13.2. The Bertz CT molecular complexity index is 526. The van der Waals surface area contributed by atoms with Crippen LogP contribution < -0.4 is 15.8 Å². The van der Waals surface area contributed by atoms with Crippen molar-refractivity contribution in [3.8, 4) is 5.75 Å². The number of hydrogen-bond acceptors (Lipinski definition) is 3. The number of ether oxygens (including phenoxy) is 1. The molecule has 0 amide bonds. The van der Waals surface area contributed by atoms with Gasteiger partial charge in [-0.2, -0.15) is 0 Å². The fraction of sp³-hybridized carbons (Fsp3) is 0.143. The van der Waals surface area contributed by atoms with E-state index in [9.17, 15) is 4.39 Å². The second-order valence-corrected chi connectivity index (χ2v) is 3.90. The summed E-state index contributed by atoms with van der Waals surface area (Å²) in [4.78, 5) is 0. The van der Waals surface area contributed by atoms with Crippen molar-refractivity contribution in [2.45, 2.75) is 6.54 Å². The van der Waals surface area contributed by atoms with Gasteiger partial charge in [0.25, 0.3) is 0 Å². The molecule has 18 heavy (non-hydrogen) atoms. The molecule has 3 N–H and O–H groups in total. The molecule has 94 valence electrons. The molecule has 0 spiro atoms. The Morgan fingerprint density at radius 1 is 1.17 bits per heavy atom. The molecule has 0 aliphatic carbocycles. The Labute approximate surface area is 105 Å². The van der Waals surface area contributed by atoms with E-state index < -0.39 is 5.82 Å². The minimum absolute atomic E-state index is 0.144. The molecule has 0 radical (unpaired) electrons. The molecule has 0 saturated heterocycles. The third kappa shape index (κ3) is 2.71. The Hall–Kier alpha value is -2.23. The molecular formula is C14H15FN2O. The zero-order chi connectivity index (χ0) is 13.0. The van der Waals surface area contributed by atoms with Crippen LogP contribution in [0.4, 0.5) is 15.8 Å². The molecule has 0 bridgehead atoms. The molecule has 0 aliphatic heterocycles. The summed E-state index contributed by atoms with van der Waals surface area (Å²) in [6.07, 6.45) is 0. The second kappa shape index (κ2) is 5.40. The van der Waals surface area contributed by atoms with Crippen LogP contribution in [0.25, 0.3) is 0 Å². The number of rotatable bonds is 4. The standard InChI is InChI=1S/C14H15FN2O/c1-18-11-7-5-10(6-8-11)9-17-13-4-2-3-12(15)14(13)16/h2-8,17H,9,16H2,1H3. The monoisotopic (exact) mass is 246 g/mol. The van der Waals surface area contributed by atoms with Gasteiger partial charge in [-0.05, 0) is 29.8 Å². The van der Waals surface area contributed by atoms with Crippen LogP contribution in [-0.4, -0.2) is 7.11 Å². The van der Waals surface area contributed by atoms with Crippen molar-refractivity contribution in [3.63, 3.8) is 0 Å². The Morgan fingerprint density at radius 2 is 1.89 bits per heavy atom. The first-order valence-electron chi connectivity index (χ1n) is 5.61. The van der Waals surface area contributed by atoms with E-state index in [1.54, 1.807) is 19.2 Å². The van der Waals surface area contributed by atoms with Crippen molar-refractivity contribution in [1.82, 2.24) is 0 Å². The van der Waals surface area contributed by atoms with Crippen LogP contribution in [0, 0.1) is 5.82 Å². The van der Waals surface area contributed by atoms with Gasteiger partial charge in [0, 0.05) is 6.54 Å². The van der Waals surface area contributed by atoms with Crippen molar-refractivity contribution in [3.05, 3.63) is 53.8 Å². The SMILES string of the molecule is COc1ccc(CNc2cccc(F)c2N)cc1. The predicted molar refractivity (Wildman–Crippen MR) is 71.1 cm³/mol. The van der Waals surface area contributed by atoms with Crippen LogP contribution in [0.15, 0.2) is 42.5 Å². The maximum Gasteiger partial charge on any atom is 0.148 e. The van der Waals surface area contributed by atoms with Gasteiger partial charge >= 0.3 is 0 Å². The molecule has 4 heteroatoms. The number of nitrogens with one attached hydrogen (secondary N) is 1. The highest BCUT2D eigenvalue weighted by molar-refractivity contribution is 5.66. The van der Waals surface area contributed by atoms with E-state index >= 15 is 0 Å². The molecule has 3 nitrogen and oxygen atoms in total. The van der Waals surface area contributed by atoms with E-state index in [1.807, 2.05) is 24.3 Å². The van der Waals surface area contributed by atoms with Crippen molar-refractivity contribution < 1.29 is 9.13 Å². The third-order valence-electron chi connectivity index (χ3n) is 2.69. The molecule has 0 aromatic heterocycles. The fourth-order valence-electron chi connectivity index (χ4n) is 1.63. The summed E-state index contributed by atoms with van der Waals surface area (Å²) in [5.41, 5.74) is 7.45. The first-order valence-corrected chi connectivity index (χ1v) is 5.61. The van der Waals surface area contributed by atoms with Gasteiger partial charge in [-0.1, -0.05) is 18.2 Å². The van der Waals surface area contributed by atoms with Crippen LogP contribution in [0.5, 0.6) is 5.75 Å². The predicted octanol–water partition coefficient (Wildman–Crippen LogP) is 3.03. The number of para-hydroxylation sites is 1. The van der Waals surface area contributed by atoms with Crippen molar-refractivity contribution in [2.24, 2.45) is 0 Å². The third-order valence-corrected chi connectivity index (χ3v) is 2.69. The quantitative estimate of drug-likeness (QED) is 0.815. The molecule has 0 atom stereocenters. The maximum atomic E-state index is 13.2. The number of anilines is 2. The highest BCUT2D eigenvalue weighted by Crippen LogP contribution is 2.22. The second-order valence-electron chi connectivity index (χ2n) is 3.90. The molecule has 0 saturated carbocycles. The summed E-state index contributed by atoms with van der Waals surface area (Å²) in [7, 11) is 1.63. The summed E-state index contributed by atoms with van der Waals surface area (Å²) >= 11 is 0. The molecule has 2 aromatic rings. The number of benzene rings is 2.